The van der Waals surface area contributed by atoms with Crippen LogP contribution in [0.3, 0.4) is 0 Å². The van der Waals surface area contributed by atoms with E-state index in [2.05, 4.69) is 0 Å². The maximum Gasteiger partial charge on any atom is 0.313 e. The summed E-state index contributed by atoms with van der Waals surface area (Å²) in [6.07, 6.45) is 1.48. The maximum absolute atomic E-state index is 11.8. The molecule has 3 nitrogen and oxygen atoms in total. The summed E-state index contributed by atoms with van der Waals surface area (Å²) in [6.45, 7) is 2.04. The molecule has 18 heavy (non-hydrogen) atoms. The van der Waals surface area contributed by atoms with Gasteiger partial charge in [-0.3, -0.25) is 4.79 Å². The van der Waals surface area contributed by atoms with Gasteiger partial charge in [0.1, 0.15) is 6.29 Å². The molecule has 1 rings (SSSR count). The summed E-state index contributed by atoms with van der Waals surface area (Å²) in [7, 11) is 0. The van der Waals surface area contributed by atoms with Crippen LogP contribution in [0.5, 0.6) is 0 Å². The van der Waals surface area contributed by atoms with Crippen molar-refractivity contribution in [3.05, 3.63) is 33.8 Å². The highest BCUT2D eigenvalue weighted by Crippen LogP contribution is 2.29. The van der Waals surface area contributed by atoms with Gasteiger partial charge >= 0.3 is 5.97 Å². The number of hydrogen-bond acceptors (Lipinski definition) is 3. The number of carbonyl (C=O) groups is 2. The van der Waals surface area contributed by atoms with Crippen molar-refractivity contribution < 1.29 is 14.3 Å². The molecule has 1 aromatic carbocycles. The first kappa shape index (κ1) is 15.0. The number of benzene rings is 1. The maximum atomic E-state index is 11.8. The predicted octanol–water partition coefficient (Wildman–Crippen LogP) is 3.62. The van der Waals surface area contributed by atoms with Gasteiger partial charge in [0, 0.05) is 6.42 Å². The lowest BCUT2D eigenvalue weighted by atomic mass is 9.94. The van der Waals surface area contributed by atoms with Crippen molar-refractivity contribution in [2.75, 3.05) is 6.61 Å². The molecule has 0 aliphatic rings. The second-order valence-electron chi connectivity index (χ2n) is 3.72. The molecule has 1 aromatic rings. The van der Waals surface area contributed by atoms with Crippen LogP contribution >= 0.6 is 23.2 Å². The molecule has 0 saturated heterocycles. The molecule has 0 heterocycles. The third-order valence-corrected chi connectivity index (χ3v) is 3.23. The second kappa shape index (κ2) is 7.39. The van der Waals surface area contributed by atoms with Crippen molar-refractivity contribution >= 4 is 35.5 Å². The van der Waals surface area contributed by atoms with Gasteiger partial charge in [-0.15, -0.1) is 0 Å². The molecule has 0 saturated carbocycles. The molecule has 1 atom stereocenters. The number of esters is 1. The third-order valence-electron chi connectivity index (χ3n) is 2.49. The van der Waals surface area contributed by atoms with Crippen molar-refractivity contribution in [2.45, 2.75) is 25.7 Å². The topological polar surface area (TPSA) is 43.4 Å². The molecule has 0 radical (unpaired) electrons. The van der Waals surface area contributed by atoms with Crippen LogP contribution in [0.2, 0.25) is 10.0 Å². The normalized spacial score (nSPS) is 11.9. The van der Waals surface area contributed by atoms with Gasteiger partial charge in [0.25, 0.3) is 0 Å². The van der Waals surface area contributed by atoms with Crippen LogP contribution in [-0.4, -0.2) is 18.9 Å². The largest absolute Gasteiger partial charge is 0.466 e. The van der Waals surface area contributed by atoms with Gasteiger partial charge in [0.05, 0.1) is 22.6 Å². The molecule has 0 aromatic heterocycles. The lowest BCUT2D eigenvalue weighted by Crippen LogP contribution is -2.16. The van der Waals surface area contributed by atoms with Crippen LogP contribution in [0.1, 0.15) is 31.2 Å². The van der Waals surface area contributed by atoms with E-state index in [-0.39, 0.29) is 5.97 Å². The Morgan fingerprint density at radius 3 is 2.67 bits per heavy atom. The van der Waals surface area contributed by atoms with Crippen molar-refractivity contribution in [3.8, 4) is 0 Å². The molecule has 0 aliphatic carbocycles. The molecule has 0 fully saturated rings. The summed E-state index contributed by atoms with van der Waals surface area (Å²) in [5.41, 5.74) is 0.713. The summed E-state index contributed by atoms with van der Waals surface area (Å²) >= 11 is 11.7. The van der Waals surface area contributed by atoms with Crippen LogP contribution in [0.4, 0.5) is 0 Å². The van der Waals surface area contributed by atoms with Crippen LogP contribution < -0.4 is 0 Å². The Kier molecular flexibility index (Phi) is 6.16. The first-order valence-corrected chi connectivity index (χ1v) is 6.41. The van der Waals surface area contributed by atoms with Gasteiger partial charge in [-0.25, -0.2) is 0 Å². The Bertz CT molecular complexity index is 432. The zero-order chi connectivity index (χ0) is 13.5. The molecule has 0 aliphatic heterocycles. The zero-order valence-electron chi connectivity index (χ0n) is 9.99. The Morgan fingerprint density at radius 2 is 2.11 bits per heavy atom. The van der Waals surface area contributed by atoms with E-state index >= 15 is 0 Å². The summed E-state index contributed by atoms with van der Waals surface area (Å²) in [5, 5.41) is 0.813. The van der Waals surface area contributed by atoms with Crippen LogP contribution in [0.25, 0.3) is 0 Å². The molecule has 5 heteroatoms. The fraction of sp³-hybridized carbons (Fsp3) is 0.385. The second-order valence-corrected chi connectivity index (χ2v) is 4.54. The van der Waals surface area contributed by atoms with E-state index in [0.717, 1.165) is 6.29 Å². The highest BCUT2D eigenvalue weighted by Gasteiger charge is 2.22. The molecular weight excluding hydrogens is 275 g/mol. The predicted molar refractivity (Wildman–Crippen MR) is 71.1 cm³/mol. The average molecular weight is 289 g/mol. The summed E-state index contributed by atoms with van der Waals surface area (Å²) in [6, 6.07) is 4.99. The highest BCUT2D eigenvalue weighted by molar-refractivity contribution is 6.42. The third kappa shape index (κ3) is 4.00. The highest BCUT2D eigenvalue weighted by atomic mass is 35.5. The van der Waals surface area contributed by atoms with E-state index in [1.165, 1.54) is 0 Å². The number of carbonyl (C=O) groups excluding carboxylic acids is 2. The van der Waals surface area contributed by atoms with E-state index in [1.807, 2.05) is 0 Å². The molecule has 98 valence electrons. The molecule has 0 spiro atoms. The Labute approximate surface area is 116 Å². The Balaban J connectivity index is 2.96. The fourth-order valence-corrected chi connectivity index (χ4v) is 1.93. The van der Waals surface area contributed by atoms with Crippen molar-refractivity contribution in [3.63, 3.8) is 0 Å². The standard InChI is InChI=1S/C13H14Cl2O3/c1-2-18-13(17)10(4-3-7-16)9-5-6-11(14)12(15)8-9/h5-8,10H,2-4H2,1H3. The van der Waals surface area contributed by atoms with Gasteiger partial charge in [-0.2, -0.15) is 0 Å². The summed E-state index contributed by atoms with van der Waals surface area (Å²) in [4.78, 5) is 22.3. The quantitative estimate of drug-likeness (QED) is 0.593. The molecule has 0 amide bonds. The zero-order valence-corrected chi connectivity index (χ0v) is 11.5. The Morgan fingerprint density at radius 1 is 1.39 bits per heavy atom. The minimum Gasteiger partial charge on any atom is -0.466 e. The lowest BCUT2D eigenvalue weighted by molar-refractivity contribution is -0.145. The van der Waals surface area contributed by atoms with Crippen LogP contribution in [-0.2, 0) is 14.3 Å². The van der Waals surface area contributed by atoms with Gasteiger partial charge < -0.3 is 9.53 Å². The van der Waals surface area contributed by atoms with Crippen molar-refractivity contribution in [1.82, 2.24) is 0 Å². The molecule has 0 bridgehead atoms. The first-order chi connectivity index (χ1) is 8.60. The summed E-state index contributed by atoms with van der Waals surface area (Å²) < 4.78 is 4.99. The molecular formula is C13H14Cl2O3. The van der Waals surface area contributed by atoms with E-state index in [4.69, 9.17) is 27.9 Å². The molecule has 0 N–H and O–H groups in total. The first-order valence-electron chi connectivity index (χ1n) is 5.65. The number of rotatable bonds is 6. The number of halogens is 2. The number of ether oxygens (including phenoxy) is 1. The van der Waals surface area contributed by atoms with Crippen molar-refractivity contribution in [1.29, 1.82) is 0 Å². The smallest absolute Gasteiger partial charge is 0.313 e. The average Bonchev–Trinajstić information content (AvgIpc) is 2.34. The van der Waals surface area contributed by atoms with Crippen LogP contribution in [0.15, 0.2) is 18.2 Å². The summed E-state index contributed by atoms with van der Waals surface area (Å²) in [5.74, 6) is -0.831. The van der Waals surface area contributed by atoms with Crippen LogP contribution in [0, 0.1) is 0 Å². The minimum absolute atomic E-state index is 0.295. The molecule has 1 unspecified atom stereocenters. The van der Waals surface area contributed by atoms with E-state index in [1.54, 1.807) is 25.1 Å². The van der Waals surface area contributed by atoms with E-state index in [9.17, 15) is 9.59 Å². The van der Waals surface area contributed by atoms with Gasteiger partial charge in [-0.1, -0.05) is 29.3 Å². The van der Waals surface area contributed by atoms with E-state index in [0.29, 0.717) is 35.1 Å². The fourth-order valence-electron chi connectivity index (χ4n) is 1.63. The number of aldehydes is 1. The van der Waals surface area contributed by atoms with E-state index < -0.39 is 5.92 Å². The SMILES string of the molecule is CCOC(=O)C(CCC=O)c1ccc(Cl)c(Cl)c1. The Hall–Kier alpha value is -1.06. The van der Waals surface area contributed by atoms with Gasteiger partial charge in [0.15, 0.2) is 0 Å². The minimum atomic E-state index is -0.482. The monoisotopic (exact) mass is 288 g/mol. The van der Waals surface area contributed by atoms with Crippen molar-refractivity contribution in [2.24, 2.45) is 0 Å². The van der Waals surface area contributed by atoms with Gasteiger partial charge in [-0.05, 0) is 31.0 Å². The lowest BCUT2D eigenvalue weighted by Gasteiger charge is -2.15. The van der Waals surface area contributed by atoms with Gasteiger partial charge in [0.2, 0.25) is 0 Å². The number of hydrogen-bond donors (Lipinski definition) is 0.